The minimum atomic E-state index is 0. The lowest BCUT2D eigenvalue weighted by Gasteiger charge is -2.13. The summed E-state index contributed by atoms with van der Waals surface area (Å²) in [6, 6.07) is 12.8. The Balaban J connectivity index is 0.00000121. The number of carbonyl (C=O) groups is 2. The number of hydrogen-bond donors (Lipinski definition) is 0. The minimum Gasteiger partial charge on any atom is -0.496 e. The molecule has 22 heavy (non-hydrogen) atoms. The van der Waals surface area contributed by atoms with Gasteiger partial charge in [-0.15, -0.1) is 24.8 Å². The molecule has 0 aliphatic heterocycles. The summed E-state index contributed by atoms with van der Waals surface area (Å²) in [4.78, 5) is 23.1. The normalized spacial score (nSPS) is 9.68. The molecule has 0 saturated heterocycles. The van der Waals surface area contributed by atoms with Gasteiger partial charge in [0, 0.05) is 16.5 Å². The minimum absolute atomic E-state index is 0. The number of halogens is 2. The van der Waals surface area contributed by atoms with Gasteiger partial charge in [-0.25, -0.2) is 0 Å². The van der Waals surface area contributed by atoms with Crippen LogP contribution in [0.25, 0.3) is 21.5 Å². The molecular formula is C17H14Cl2O3. The van der Waals surface area contributed by atoms with E-state index in [1.54, 1.807) is 13.2 Å². The lowest BCUT2D eigenvalue weighted by atomic mass is 9.92. The molecule has 0 aromatic heterocycles. The average Bonchev–Trinajstić information content (AvgIpc) is 2.51. The van der Waals surface area contributed by atoms with Crippen LogP contribution in [-0.4, -0.2) is 19.7 Å². The van der Waals surface area contributed by atoms with Crippen molar-refractivity contribution in [3.05, 3.63) is 53.6 Å². The summed E-state index contributed by atoms with van der Waals surface area (Å²) in [5.74, 6) is 0.596. The van der Waals surface area contributed by atoms with E-state index in [1.807, 2.05) is 36.4 Å². The molecule has 0 spiro atoms. The molecule has 3 aromatic carbocycles. The van der Waals surface area contributed by atoms with Gasteiger partial charge < -0.3 is 4.74 Å². The lowest BCUT2D eigenvalue weighted by molar-refractivity contribution is 0.111. The van der Waals surface area contributed by atoms with Gasteiger partial charge in [-0.1, -0.05) is 36.4 Å². The van der Waals surface area contributed by atoms with Gasteiger partial charge in [0.1, 0.15) is 5.75 Å². The monoisotopic (exact) mass is 336 g/mol. The van der Waals surface area contributed by atoms with E-state index >= 15 is 0 Å². The molecule has 0 heterocycles. The first kappa shape index (κ1) is 18.0. The summed E-state index contributed by atoms with van der Waals surface area (Å²) in [5.41, 5.74) is 1.14. The molecule has 3 aromatic rings. The van der Waals surface area contributed by atoms with Gasteiger partial charge in [-0.05, 0) is 22.2 Å². The molecule has 0 bridgehead atoms. The fourth-order valence-electron chi connectivity index (χ4n) is 2.69. The molecular weight excluding hydrogens is 323 g/mol. The van der Waals surface area contributed by atoms with Gasteiger partial charge >= 0.3 is 0 Å². The van der Waals surface area contributed by atoms with Gasteiger partial charge in [0.25, 0.3) is 0 Å². The van der Waals surface area contributed by atoms with Crippen molar-refractivity contribution in [3.63, 3.8) is 0 Å². The summed E-state index contributed by atoms with van der Waals surface area (Å²) in [6.45, 7) is 0. The van der Waals surface area contributed by atoms with Crippen molar-refractivity contribution in [1.82, 2.24) is 0 Å². The lowest BCUT2D eigenvalue weighted by Crippen LogP contribution is -1.96. The van der Waals surface area contributed by atoms with Gasteiger partial charge in [-0.2, -0.15) is 0 Å². The molecule has 3 nitrogen and oxygen atoms in total. The first-order valence-corrected chi connectivity index (χ1v) is 6.23. The highest BCUT2D eigenvalue weighted by atomic mass is 35.5. The molecule has 0 N–H and O–H groups in total. The van der Waals surface area contributed by atoms with E-state index < -0.39 is 0 Å². The zero-order valence-corrected chi connectivity index (χ0v) is 13.4. The highest BCUT2D eigenvalue weighted by Crippen LogP contribution is 2.36. The van der Waals surface area contributed by atoms with Crippen LogP contribution in [0, 0.1) is 0 Å². The third-order valence-corrected chi connectivity index (χ3v) is 3.55. The third-order valence-electron chi connectivity index (χ3n) is 3.55. The summed E-state index contributed by atoms with van der Waals surface area (Å²) in [7, 11) is 1.55. The number of rotatable bonds is 3. The van der Waals surface area contributed by atoms with Crippen molar-refractivity contribution in [3.8, 4) is 5.75 Å². The third kappa shape index (κ3) is 2.54. The predicted molar refractivity (Wildman–Crippen MR) is 93.3 cm³/mol. The fraction of sp³-hybridized carbons (Fsp3) is 0.0588. The van der Waals surface area contributed by atoms with Crippen molar-refractivity contribution in [2.45, 2.75) is 0 Å². The number of aldehydes is 2. The van der Waals surface area contributed by atoms with Gasteiger partial charge in [-0.3, -0.25) is 9.59 Å². The Morgan fingerprint density at radius 2 is 1.32 bits per heavy atom. The van der Waals surface area contributed by atoms with E-state index in [9.17, 15) is 9.59 Å². The largest absolute Gasteiger partial charge is 0.496 e. The molecule has 0 saturated carbocycles. The Labute approximate surface area is 140 Å². The Bertz CT molecular complexity index is 844. The van der Waals surface area contributed by atoms with Crippen LogP contribution in [-0.2, 0) is 0 Å². The predicted octanol–water partition coefficient (Wildman–Crippen LogP) is 4.47. The Hall–Kier alpha value is -2.10. The zero-order valence-electron chi connectivity index (χ0n) is 11.7. The molecule has 0 amide bonds. The van der Waals surface area contributed by atoms with Crippen LogP contribution < -0.4 is 4.74 Å². The van der Waals surface area contributed by atoms with Gasteiger partial charge in [0.15, 0.2) is 12.6 Å². The van der Waals surface area contributed by atoms with Crippen molar-refractivity contribution in [2.75, 3.05) is 7.11 Å². The Kier molecular flexibility index (Phi) is 5.92. The average molecular weight is 337 g/mol. The quantitative estimate of drug-likeness (QED) is 0.523. The maximum atomic E-state index is 11.6. The molecule has 0 aliphatic carbocycles. The number of carbonyl (C=O) groups excluding carboxylic acids is 2. The van der Waals surface area contributed by atoms with Crippen LogP contribution >= 0.6 is 24.8 Å². The van der Waals surface area contributed by atoms with Crippen LogP contribution in [0.15, 0.2) is 42.5 Å². The Morgan fingerprint density at radius 1 is 0.773 bits per heavy atom. The smallest absolute Gasteiger partial charge is 0.151 e. The van der Waals surface area contributed by atoms with Crippen molar-refractivity contribution >= 4 is 58.9 Å². The Morgan fingerprint density at radius 3 is 1.86 bits per heavy atom. The molecule has 114 valence electrons. The second-order valence-corrected chi connectivity index (χ2v) is 4.49. The first-order chi connectivity index (χ1) is 9.81. The molecule has 3 rings (SSSR count). The van der Waals surface area contributed by atoms with Crippen LogP contribution in [0.2, 0.25) is 0 Å². The first-order valence-electron chi connectivity index (χ1n) is 6.23. The SMILES string of the molecule is COc1cccc2c(C=O)c3ccccc3c(C=O)c12.Cl.Cl. The number of hydrogen-bond acceptors (Lipinski definition) is 3. The molecule has 0 fully saturated rings. The zero-order chi connectivity index (χ0) is 14.1. The van der Waals surface area contributed by atoms with Crippen LogP contribution in [0.4, 0.5) is 0 Å². The number of methoxy groups -OCH3 is 1. The van der Waals surface area contributed by atoms with Gasteiger partial charge in [0.2, 0.25) is 0 Å². The van der Waals surface area contributed by atoms with Crippen molar-refractivity contribution in [1.29, 1.82) is 0 Å². The van der Waals surface area contributed by atoms with Crippen molar-refractivity contribution < 1.29 is 14.3 Å². The highest BCUT2D eigenvalue weighted by Gasteiger charge is 2.15. The molecule has 0 unspecified atom stereocenters. The maximum Gasteiger partial charge on any atom is 0.151 e. The summed E-state index contributed by atoms with van der Waals surface area (Å²) < 4.78 is 5.34. The summed E-state index contributed by atoms with van der Waals surface area (Å²) in [6.07, 6.45) is 1.65. The van der Waals surface area contributed by atoms with E-state index in [2.05, 4.69) is 0 Å². The van der Waals surface area contributed by atoms with Gasteiger partial charge in [0.05, 0.1) is 7.11 Å². The van der Waals surface area contributed by atoms with E-state index in [1.165, 1.54) is 0 Å². The van der Waals surface area contributed by atoms with Crippen LogP contribution in [0.3, 0.4) is 0 Å². The number of ether oxygens (including phenoxy) is 1. The van der Waals surface area contributed by atoms with Crippen LogP contribution in [0.5, 0.6) is 5.75 Å². The van der Waals surface area contributed by atoms with Crippen molar-refractivity contribution in [2.24, 2.45) is 0 Å². The molecule has 5 heteroatoms. The van der Waals surface area contributed by atoms with E-state index in [0.717, 1.165) is 28.7 Å². The van der Waals surface area contributed by atoms with E-state index in [-0.39, 0.29) is 24.8 Å². The van der Waals surface area contributed by atoms with E-state index in [4.69, 9.17) is 4.74 Å². The second-order valence-electron chi connectivity index (χ2n) is 4.49. The number of benzene rings is 3. The summed E-state index contributed by atoms with van der Waals surface area (Å²) in [5, 5.41) is 2.97. The topological polar surface area (TPSA) is 43.4 Å². The second kappa shape index (κ2) is 7.25. The molecule has 0 radical (unpaired) electrons. The molecule has 0 aliphatic rings. The maximum absolute atomic E-state index is 11.6. The number of fused-ring (bicyclic) bond motifs is 2. The fourth-order valence-corrected chi connectivity index (χ4v) is 2.69. The standard InChI is InChI=1S/C17H12O3.2ClH/c1-20-16-8-4-7-13-14(9-18)11-5-2-3-6-12(11)15(10-19)17(13)16;;/h2-10H,1H3;2*1H. The summed E-state index contributed by atoms with van der Waals surface area (Å²) >= 11 is 0. The highest BCUT2D eigenvalue weighted by molar-refractivity contribution is 6.21. The molecule has 0 atom stereocenters. The van der Waals surface area contributed by atoms with E-state index in [0.29, 0.717) is 22.3 Å². The van der Waals surface area contributed by atoms with Crippen LogP contribution in [0.1, 0.15) is 20.7 Å².